The molecule has 0 aromatic heterocycles. The molecule has 0 bridgehead atoms. The fraction of sp³-hybridized carbons (Fsp3) is 0.714. The molecule has 0 saturated carbocycles. The fourth-order valence-electron chi connectivity index (χ4n) is 4.68. The molecule has 0 rings (SSSR count). The minimum Gasteiger partial charge on any atom is -0.481 e. The Balaban J connectivity index is 3.90. The van der Waals surface area contributed by atoms with Crippen LogP contribution in [-0.4, -0.2) is 164 Å². The second-order valence-electron chi connectivity index (χ2n) is 12.5. The molecule has 0 aromatic carbocycles. The van der Waals surface area contributed by atoms with Gasteiger partial charge in [-0.1, -0.05) is 12.8 Å². The molecule has 23 heteroatoms. The van der Waals surface area contributed by atoms with E-state index in [9.17, 15) is 58.2 Å². The zero-order chi connectivity index (χ0) is 43.6. The van der Waals surface area contributed by atoms with Crippen LogP contribution in [0.5, 0.6) is 0 Å². The summed E-state index contributed by atoms with van der Waals surface area (Å²) in [7, 11) is 0. The quantitative estimate of drug-likeness (QED) is 0.0239. The molecule has 0 aliphatic heterocycles. The molecule has 0 aliphatic rings. The average Bonchev–Trinajstić information content (AvgIpc) is 3.16. The van der Waals surface area contributed by atoms with Crippen molar-refractivity contribution in [3.8, 4) is 0 Å². The van der Waals surface area contributed by atoms with Crippen molar-refractivity contribution in [2.24, 2.45) is 0 Å². The summed E-state index contributed by atoms with van der Waals surface area (Å²) in [6.45, 7) is 0.0172. The van der Waals surface area contributed by atoms with E-state index in [0.717, 1.165) is 0 Å². The normalized spacial score (nSPS) is 12.3. The number of ether oxygens (including phenoxy) is 4. The van der Waals surface area contributed by atoms with Crippen molar-refractivity contribution in [1.82, 2.24) is 26.6 Å². The molecular weight excluding hydrogens is 778 g/mol. The standard InChI is InChI=1S/C35H57N5O18/c41-15-5-6-24(33(49)50)38-29(44)12-10-26(35(53)54)40-31(46)23-58-21-19-56-17-14-37-30(45)22-57-20-18-55-16-13-36-27(42)11-9-25(34(51)52)39-28(43)7-3-1-2-4-8-32(47)48/h15,24-26H,1-14,16-23H2,(H,36,42)(H,37,45)(H,38,44)(H,39,43)(H,40,46)(H,47,48)(H,49,50)(H,51,52)(H,53,54)/t24-,25-,26-/m0/s1. The maximum absolute atomic E-state index is 12.1. The van der Waals surface area contributed by atoms with Crippen LogP contribution in [0.15, 0.2) is 0 Å². The fourth-order valence-corrected chi connectivity index (χ4v) is 4.68. The van der Waals surface area contributed by atoms with Gasteiger partial charge in [0.05, 0.1) is 39.6 Å². The van der Waals surface area contributed by atoms with Crippen molar-refractivity contribution < 1.29 is 87.3 Å². The topological polar surface area (TPSA) is 349 Å². The summed E-state index contributed by atoms with van der Waals surface area (Å²) in [6, 6.07) is -3.97. The smallest absolute Gasteiger partial charge is 0.326 e. The van der Waals surface area contributed by atoms with E-state index in [1.807, 2.05) is 0 Å². The first-order valence-corrected chi connectivity index (χ1v) is 18.7. The van der Waals surface area contributed by atoms with Gasteiger partial charge in [-0.25, -0.2) is 14.4 Å². The number of carbonyl (C=O) groups excluding carboxylic acids is 6. The van der Waals surface area contributed by atoms with Crippen molar-refractivity contribution in [3.63, 3.8) is 0 Å². The number of aliphatic carboxylic acids is 4. The highest BCUT2D eigenvalue weighted by molar-refractivity contribution is 5.87. The Kier molecular flexibility index (Phi) is 30.8. The average molecular weight is 836 g/mol. The van der Waals surface area contributed by atoms with Crippen molar-refractivity contribution in [2.45, 2.75) is 95.2 Å². The molecule has 330 valence electrons. The van der Waals surface area contributed by atoms with Crippen LogP contribution < -0.4 is 26.6 Å². The summed E-state index contributed by atoms with van der Waals surface area (Å²) in [4.78, 5) is 115. The van der Waals surface area contributed by atoms with Gasteiger partial charge in [-0.3, -0.25) is 28.8 Å². The lowest BCUT2D eigenvalue weighted by atomic mass is 10.1. The van der Waals surface area contributed by atoms with Gasteiger partial charge in [-0.05, 0) is 32.1 Å². The summed E-state index contributed by atoms with van der Waals surface area (Å²) in [5.41, 5.74) is 0. The molecule has 0 radical (unpaired) electrons. The number of unbranched alkanes of at least 4 members (excludes halogenated alkanes) is 3. The van der Waals surface area contributed by atoms with E-state index in [0.29, 0.717) is 32.0 Å². The highest BCUT2D eigenvalue weighted by atomic mass is 16.5. The zero-order valence-electron chi connectivity index (χ0n) is 32.4. The van der Waals surface area contributed by atoms with E-state index in [4.69, 9.17) is 29.2 Å². The molecule has 0 fully saturated rings. The molecule has 0 aromatic rings. The first kappa shape index (κ1) is 52.7. The van der Waals surface area contributed by atoms with Crippen LogP contribution in [0.3, 0.4) is 0 Å². The maximum atomic E-state index is 12.1. The second kappa shape index (κ2) is 33.8. The Hall–Kier alpha value is -5.26. The Morgan fingerprint density at radius 1 is 0.448 bits per heavy atom. The van der Waals surface area contributed by atoms with Gasteiger partial charge in [0, 0.05) is 45.2 Å². The van der Waals surface area contributed by atoms with E-state index in [2.05, 4.69) is 26.6 Å². The van der Waals surface area contributed by atoms with Gasteiger partial charge in [-0.15, -0.1) is 0 Å². The van der Waals surface area contributed by atoms with Crippen molar-refractivity contribution in [2.75, 3.05) is 65.9 Å². The van der Waals surface area contributed by atoms with E-state index in [-0.39, 0.29) is 104 Å². The van der Waals surface area contributed by atoms with Crippen LogP contribution in [0.4, 0.5) is 0 Å². The first-order chi connectivity index (χ1) is 27.7. The van der Waals surface area contributed by atoms with Gasteiger partial charge in [0.2, 0.25) is 29.5 Å². The Morgan fingerprint density at radius 3 is 1.36 bits per heavy atom. The lowest BCUT2D eigenvalue weighted by Gasteiger charge is -2.16. The molecule has 0 aliphatic carbocycles. The zero-order valence-corrected chi connectivity index (χ0v) is 32.4. The molecule has 0 heterocycles. The van der Waals surface area contributed by atoms with E-state index < -0.39 is 84.6 Å². The summed E-state index contributed by atoms with van der Waals surface area (Å²) >= 11 is 0. The van der Waals surface area contributed by atoms with Gasteiger partial charge in [0.25, 0.3) is 0 Å². The Morgan fingerprint density at radius 2 is 0.862 bits per heavy atom. The molecule has 0 unspecified atom stereocenters. The Bertz CT molecular complexity index is 1320. The number of carboxylic acid groups (broad SMARTS) is 4. The predicted molar refractivity (Wildman–Crippen MR) is 197 cm³/mol. The first-order valence-electron chi connectivity index (χ1n) is 18.7. The highest BCUT2D eigenvalue weighted by Gasteiger charge is 2.24. The number of aldehydes is 1. The molecule has 23 nitrogen and oxygen atoms in total. The third-order valence-corrected chi connectivity index (χ3v) is 7.69. The monoisotopic (exact) mass is 835 g/mol. The summed E-state index contributed by atoms with van der Waals surface area (Å²) in [5, 5.41) is 48.3. The molecule has 3 atom stereocenters. The van der Waals surface area contributed by atoms with Crippen LogP contribution >= 0.6 is 0 Å². The van der Waals surface area contributed by atoms with Gasteiger partial charge >= 0.3 is 23.9 Å². The minimum absolute atomic E-state index is 0.0295. The molecule has 0 spiro atoms. The molecular formula is C35H57N5O18. The Labute approximate surface area is 334 Å². The highest BCUT2D eigenvalue weighted by Crippen LogP contribution is 2.07. The van der Waals surface area contributed by atoms with Crippen molar-refractivity contribution in [3.05, 3.63) is 0 Å². The lowest BCUT2D eigenvalue weighted by Crippen LogP contribution is -2.44. The van der Waals surface area contributed by atoms with Crippen molar-refractivity contribution >= 4 is 59.7 Å². The SMILES string of the molecule is O=CCC[C@H](NC(=O)CC[C@H](NC(=O)COCCOCCNC(=O)COCCOCCNC(=O)CC[C@H](NC(=O)CCCCCCC(=O)O)C(=O)O)C(=O)O)C(=O)O. The molecule has 9 N–H and O–H groups in total. The van der Waals surface area contributed by atoms with E-state index in [1.54, 1.807) is 0 Å². The molecule has 5 amide bonds. The van der Waals surface area contributed by atoms with Crippen LogP contribution in [-0.2, 0) is 66.9 Å². The second-order valence-corrected chi connectivity index (χ2v) is 12.5. The van der Waals surface area contributed by atoms with Crippen molar-refractivity contribution in [1.29, 1.82) is 0 Å². The third-order valence-electron chi connectivity index (χ3n) is 7.69. The number of carboxylic acids is 4. The lowest BCUT2D eigenvalue weighted by molar-refractivity contribution is -0.144. The third kappa shape index (κ3) is 30.9. The van der Waals surface area contributed by atoms with Crippen LogP contribution in [0.2, 0.25) is 0 Å². The number of nitrogens with one attached hydrogen (secondary N) is 5. The number of amides is 5. The predicted octanol–water partition coefficient (Wildman–Crippen LogP) is -2.04. The summed E-state index contributed by atoms with van der Waals surface area (Å²) < 4.78 is 20.9. The summed E-state index contributed by atoms with van der Waals surface area (Å²) in [6.07, 6.45) is 1.77. The van der Waals surface area contributed by atoms with Gasteiger partial charge in [0.15, 0.2) is 0 Å². The summed E-state index contributed by atoms with van der Waals surface area (Å²) in [5.74, 6) is -7.74. The number of hydrogen-bond acceptors (Lipinski definition) is 14. The van der Waals surface area contributed by atoms with E-state index in [1.165, 1.54) is 0 Å². The van der Waals surface area contributed by atoms with Crippen LogP contribution in [0.25, 0.3) is 0 Å². The molecule has 0 saturated heterocycles. The minimum atomic E-state index is -1.44. The van der Waals surface area contributed by atoms with Gasteiger partial charge in [0.1, 0.15) is 37.6 Å². The maximum Gasteiger partial charge on any atom is 0.326 e. The number of rotatable bonds is 38. The largest absolute Gasteiger partial charge is 0.481 e. The van der Waals surface area contributed by atoms with Gasteiger partial charge < -0.3 is 70.8 Å². The van der Waals surface area contributed by atoms with Crippen LogP contribution in [0, 0.1) is 0 Å². The van der Waals surface area contributed by atoms with Gasteiger partial charge in [-0.2, -0.15) is 0 Å². The number of hydrogen-bond donors (Lipinski definition) is 9. The number of carbonyl (C=O) groups is 10. The van der Waals surface area contributed by atoms with E-state index >= 15 is 0 Å². The van der Waals surface area contributed by atoms with Crippen LogP contribution in [0.1, 0.15) is 77.0 Å². The molecule has 58 heavy (non-hydrogen) atoms.